The first kappa shape index (κ1) is 18.6. The SMILES string of the molecule is CC(C)(C)[Si](OC1CC[C@@H]2CCC(=O)[C@H]12)(c1ccccc1)c1ccccc1. The van der Waals surface area contributed by atoms with Crippen molar-refractivity contribution in [2.45, 2.75) is 57.6 Å². The summed E-state index contributed by atoms with van der Waals surface area (Å²) in [5.74, 6) is 1.09. The Morgan fingerprint density at radius 3 is 1.93 bits per heavy atom. The van der Waals surface area contributed by atoms with Crippen LogP contribution in [0.2, 0.25) is 5.04 Å². The largest absolute Gasteiger partial charge is 0.404 e. The number of hydrogen-bond donors (Lipinski definition) is 0. The summed E-state index contributed by atoms with van der Waals surface area (Å²) in [4.78, 5) is 12.6. The van der Waals surface area contributed by atoms with Gasteiger partial charge in [-0.05, 0) is 40.6 Å². The molecule has 27 heavy (non-hydrogen) atoms. The molecule has 0 spiro atoms. The van der Waals surface area contributed by atoms with Gasteiger partial charge < -0.3 is 4.43 Å². The van der Waals surface area contributed by atoms with Crippen molar-refractivity contribution >= 4 is 24.5 Å². The summed E-state index contributed by atoms with van der Waals surface area (Å²) in [7, 11) is -2.56. The van der Waals surface area contributed by atoms with Crippen molar-refractivity contribution in [3.63, 3.8) is 0 Å². The number of benzene rings is 2. The third kappa shape index (κ3) is 3.11. The van der Waals surface area contributed by atoms with Gasteiger partial charge in [0, 0.05) is 12.3 Å². The lowest BCUT2D eigenvalue weighted by atomic mass is 9.99. The van der Waals surface area contributed by atoms with E-state index in [0.29, 0.717) is 11.7 Å². The summed E-state index contributed by atoms with van der Waals surface area (Å²) in [5.41, 5.74) is 0. The molecule has 2 aliphatic rings. The highest BCUT2D eigenvalue weighted by Crippen LogP contribution is 2.46. The molecule has 0 aliphatic heterocycles. The van der Waals surface area contributed by atoms with Gasteiger partial charge in [0.05, 0.1) is 6.10 Å². The van der Waals surface area contributed by atoms with Crippen molar-refractivity contribution < 1.29 is 9.22 Å². The lowest BCUT2D eigenvalue weighted by Crippen LogP contribution is -2.68. The minimum atomic E-state index is -2.56. The molecule has 2 fully saturated rings. The molecular weight excluding hydrogens is 348 g/mol. The molecular formula is C24H30O2Si. The Bertz CT molecular complexity index is 755. The first-order valence-electron chi connectivity index (χ1n) is 10.2. The molecule has 2 saturated carbocycles. The number of carbonyl (C=O) groups is 1. The Morgan fingerprint density at radius 2 is 1.41 bits per heavy atom. The molecule has 0 N–H and O–H groups in total. The maximum absolute atomic E-state index is 12.6. The van der Waals surface area contributed by atoms with Gasteiger partial charge in [-0.2, -0.15) is 0 Å². The van der Waals surface area contributed by atoms with Crippen molar-refractivity contribution in [3.05, 3.63) is 60.7 Å². The van der Waals surface area contributed by atoms with Crippen LogP contribution in [0.5, 0.6) is 0 Å². The Kier molecular flexibility index (Phi) is 4.85. The van der Waals surface area contributed by atoms with Gasteiger partial charge in [0.25, 0.3) is 8.32 Å². The first-order valence-corrected chi connectivity index (χ1v) is 12.2. The standard InChI is InChI=1S/C24H30O2Si/c1-24(2,3)27(19-10-6-4-7-11-19,20-12-8-5-9-13-20)26-22-17-15-18-14-16-21(25)23(18)22/h4-13,18,22-23H,14-17H2,1-3H3/t18-,22?,23+/m0/s1. The highest BCUT2D eigenvalue weighted by molar-refractivity contribution is 6.99. The second kappa shape index (κ2) is 7.03. The lowest BCUT2D eigenvalue weighted by molar-refractivity contribution is -0.123. The maximum Gasteiger partial charge on any atom is 0.261 e. The van der Waals surface area contributed by atoms with E-state index in [2.05, 4.69) is 81.4 Å². The predicted octanol–water partition coefficient (Wildman–Crippen LogP) is 4.32. The number of fused-ring (bicyclic) bond motifs is 1. The van der Waals surface area contributed by atoms with Crippen molar-refractivity contribution in [3.8, 4) is 0 Å². The zero-order valence-electron chi connectivity index (χ0n) is 16.7. The Morgan fingerprint density at radius 1 is 0.852 bits per heavy atom. The molecule has 0 radical (unpaired) electrons. The summed E-state index contributed by atoms with van der Waals surface area (Å²) in [6.07, 6.45) is 4.03. The third-order valence-corrected chi connectivity index (χ3v) is 11.7. The van der Waals surface area contributed by atoms with Gasteiger partial charge in [-0.15, -0.1) is 0 Å². The van der Waals surface area contributed by atoms with Crippen molar-refractivity contribution in [1.29, 1.82) is 0 Å². The van der Waals surface area contributed by atoms with Crippen LogP contribution in [0.25, 0.3) is 0 Å². The fourth-order valence-corrected chi connectivity index (χ4v) is 10.1. The molecule has 2 aromatic carbocycles. The summed E-state index contributed by atoms with van der Waals surface area (Å²) in [6.45, 7) is 6.92. The molecule has 1 unspecified atom stereocenters. The number of carbonyl (C=O) groups excluding carboxylic acids is 1. The molecule has 2 aliphatic carbocycles. The van der Waals surface area contributed by atoms with Crippen LogP contribution in [0, 0.1) is 11.8 Å². The maximum atomic E-state index is 12.6. The van der Waals surface area contributed by atoms with E-state index in [1.807, 2.05) is 0 Å². The van der Waals surface area contributed by atoms with E-state index >= 15 is 0 Å². The molecule has 0 aromatic heterocycles. The molecule has 3 heteroatoms. The van der Waals surface area contributed by atoms with E-state index in [4.69, 9.17) is 4.43 Å². The topological polar surface area (TPSA) is 26.3 Å². The summed E-state index contributed by atoms with van der Waals surface area (Å²) >= 11 is 0. The van der Waals surface area contributed by atoms with Crippen LogP contribution < -0.4 is 10.4 Å². The van der Waals surface area contributed by atoms with Gasteiger partial charge in [-0.1, -0.05) is 81.4 Å². The van der Waals surface area contributed by atoms with Gasteiger partial charge in [0.15, 0.2) is 0 Å². The van der Waals surface area contributed by atoms with Crippen LogP contribution in [0.1, 0.15) is 46.5 Å². The molecule has 0 bridgehead atoms. The highest BCUT2D eigenvalue weighted by atomic mass is 28.4. The van der Waals surface area contributed by atoms with E-state index in [1.54, 1.807) is 0 Å². The average Bonchev–Trinajstić information content (AvgIpc) is 3.23. The third-order valence-electron chi connectivity index (χ3n) is 6.61. The van der Waals surface area contributed by atoms with Crippen molar-refractivity contribution in [2.24, 2.45) is 11.8 Å². The molecule has 142 valence electrons. The van der Waals surface area contributed by atoms with Crippen LogP contribution in [0.3, 0.4) is 0 Å². The van der Waals surface area contributed by atoms with Gasteiger partial charge in [0.1, 0.15) is 5.78 Å². The van der Waals surface area contributed by atoms with Crippen LogP contribution in [-0.4, -0.2) is 20.2 Å². The summed E-state index contributed by atoms with van der Waals surface area (Å²) < 4.78 is 7.24. The van der Waals surface area contributed by atoms with Crippen molar-refractivity contribution in [2.75, 3.05) is 0 Å². The van der Waals surface area contributed by atoms with Gasteiger partial charge in [-0.3, -0.25) is 4.79 Å². The Balaban J connectivity index is 1.84. The van der Waals surface area contributed by atoms with Crippen LogP contribution in [0.15, 0.2) is 60.7 Å². The second-order valence-corrected chi connectivity index (χ2v) is 13.4. The van der Waals surface area contributed by atoms with E-state index in [9.17, 15) is 4.79 Å². The van der Waals surface area contributed by atoms with E-state index in [0.717, 1.165) is 25.7 Å². The smallest absolute Gasteiger partial charge is 0.261 e. The molecule has 0 heterocycles. The number of hydrogen-bond acceptors (Lipinski definition) is 2. The van der Waals surface area contributed by atoms with E-state index in [1.165, 1.54) is 10.4 Å². The van der Waals surface area contributed by atoms with Crippen molar-refractivity contribution in [1.82, 2.24) is 0 Å². The molecule has 2 nitrogen and oxygen atoms in total. The quantitative estimate of drug-likeness (QED) is 0.741. The molecule has 4 rings (SSSR count). The monoisotopic (exact) mass is 378 g/mol. The van der Waals surface area contributed by atoms with Gasteiger partial charge in [-0.25, -0.2) is 0 Å². The molecule has 0 saturated heterocycles. The Labute approximate surface area is 164 Å². The molecule has 3 atom stereocenters. The lowest BCUT2D eigenvalue weighted by Gasteiger charge is -2.45. The van der Waals surface area contributed by atoms with Crippen LogP contribution >= 0.6 is 0 Å². The zero-order chi connectivity index (χ0) is 19.1. The zero-order valence-corrected chi connectivity index (χ0v) is 17.7. The number of ketones is 1. The average molecular weight is 379 g/mol. The van der Waals surface area contributed by atoms with Crippen LogP contribution in [0.4, 0.5) is 0 Å². The van der Waals surface area contributed by atoms with Crippen LogP contribution in [-0.2, 0) is 9.22 Å². The molecule has 0 amide bonds. The minimum absolute atomic E-state index is 0.0323. The van der Waals surface area contributed by atoms with Gasteiger partial charge in [0.2, 0.25) is 0 Å². The fraction of sp³-hybridized carbons (Fsp3) is 0.458. The highest BCUT2D eigenvalue weighted by Gasteiger charge is 2.55. The van der Waals surface area contributed by atoms with E-state index in [-0.39, 0.29) is 17.1 Å². The van der Waals surface area contributed by atoms with E-state index < -0.39 is 8.32 Å². The summed E-state index contributed by atoms with van der Waals surface area (Å²) in [6, 6.07) is 21.5. The molecule has 2 aromatic rings. The van der Waals surface area contributed by atoms with Gasteiger partial charge >= 0.3 is 0 Å². The predicted molar refractivity (Wildman–Crippen MR) is 113 cm³/mol. The fourth-order valence-electron chi connectivity index (χ4n) is 5.38. The Hall–Kier alpha value is -1.71. The number of Topliss-reactive ketones (excluding diaryl/α,β-unsaturated/α-hetero) is 1. The normalized spacial score (nSPS) is 25.6. The minimum Gasteiger partial charge on any atom is -0.404 e. The number of rotatable bonds is 4. The first-order chi connectivity index (χ1) is 12.9. The summed E-state index contributed by atoms with van der Waals surface area (Å²) in [5, 5.41) is 2.57. The second-order valence-electron chi connectivity index (χ2n) is 9.19.